The zero-order valence-corrected chi connectivity index (χ0v) is 16.7. The first-order valence-electron chi connectivity index (χ1n) is 8.68. The van der Waals surface area contributed by atoms with Crippen molar-refractivity contribution in [3.05, 3.63) is 33.7 Å². The van der Waals surface area contributed by atoms with Crippen LogP contribution in [0.1, 0.15) is 39.7 Å². The lowest BCUT2D eigenvalue weighted by Crippen LogP contribution is -2.13. The third kappa shape index (κ3) is 3.58. The lowest BCUT2D eigenvalue weighted by Gasteiger charge is -2.17. The molecule has 142 valence electrons. The zero-order chi connectivity index (χ0) is 19.6. The van der Waals surface area contributed by atoms with E-state index in [-0.39, 0.29) is 5.91 Å². The summed E-state index contributed by atoms with van der Waals surface area (Å²) < 4.78 is 15.9. The fourth-order valence-corrected chi connectivity index (χ4v) is 4.54. The molecular weight excluding hydrogens is 364 g/mol. The molecule has 0 fully saturated rings. The summed E-state index contributed by atoms with van der Waals surface area (Å²) in [5.41, 5.74) is 2.04. The number of anilines is 1. The van der Waals surface area contributed by atoms with E-state index in [0.29, 0.717) is 39.3 Å². The van der Waals surface area contributed by atoms with Crippen LogP contribution in [0.25, 0.3) is 0 Å². The van der Waals surface area contributed by atoms with E-state index >= 15 is 0 Å². The molecule has 0 saturated carbocycles. The van der Waals surface area contributed by atoms with Gasteiger partial charge in [-0.2, -0.15) is 5.26 Å². The van der Waals surface area contributed by atoms with E-state index in [1.807, 2.05) is 0 Å². The number of nitriles is 1. The number of hydrogen-bond acceptors (Lipinski definition) is 6. The Morgan fingerprint density at radius 1 is 1.22 bits per heavy atom. The standard InChI is InChI=1S/C20H22N2O4S/c1-11-5-6-17-13(7-11)14(10-21)20(27-17)22-19(23)12-8-15(24-2)18(26-4)16(9-12)25-3/h8-9,11H,5-7H2,1-4H3,(H,22,23). The van der Waals surface area contributed by atoms with Crippen LogP contribution in [0, 0.1) is 17.2 Å². The minimum Gasteiger partial charge on any atom is -0.493 e. The highest BCUT2D eigenvalue weighted by atomic mass is 32.1. The predicted molar refractivity (Wildman–Crippen MR) is 104 cm³/mol. The van der Waals surface area contributed by atoms with Crippen LogP contribution < -0.4 is 19.5 Å². The molecule has 1 aliphatic carbocycles. The number of nitrogens with zero attached hydrogens (tertiary/aromatic N) is 1. The summed E-state index contributed by atoms with van der Waals surface area (Å²) in [6.45, 7) is 2.19. The van der Waals surface area contributed by atoms with Gasteiger partial charge in [-0.15, -0.1) is 11.3 Å². The van der Waals surface area contributed by atoms with Crippen LogP contribution in [0.3, 0.4) is 0 Å². The Kier molecular flexibility index (Phi) is 5.57. The first-order valence-corrected chi connectivity index (χ1v) is 9.50. The Labute approximate surface area is 162 Å². The van der Waals surface area contributed by atoms with E-state index in [4.69, 9.17) is 14.2 Å². The molecule has 27 heavy (non-hydrogen) atoms. The highest BCUT2D eigenvalue weighted by Gasteiger charge is 2.25. The normalized spacial score (nSPS) is 15.4. The predicted octanol–water partition coefficient (Wildman–Crippen LogP) is 4.02. The fraction of sp³-hybridized carbons (Fsp3) is 0.400. The van der Waals surface area contributed by atoms with E-state index in [2.05, 4.69) is 18.3 Å². The maximum atomic E-state index is 12.8. The molecule has 0 saturated heterocycles. The number of hydrogen-bond donors (Lipinski definition) is 1. The summed E-state index contributed by atoms with van der Waals surface area (Å²) in [7, 11) is 4.51. The number of carbonyl (C=O) groups excluding carboxylic acids is 1. The van der Waals surface area contributed by atoms with Crippen molar-refractivity contribution in [2.75, 3.05) is 26.6 Å². The minimum atomic E-state index is -0.322. The van der Waals surface area contributed by atoms with Crippen LogP contribution in [0.2, 0.25) is 0 Å². The third-order valence-corrected chi connectivity index (χ3v) is 5.98. The number of methoxy groups -OCH3 is 3. The molecule has 1 unspecified atom stereocenters. The van der Waals surface area contributed by atoms with Crippen molar-refractivity contribution in [2.45, 2.75) is 26.2 Å². The average molecular weight is 386 g/mol. The number of rotatable bonds is 5. The molecule has 1 N–H and O–H groups in total. The number of aryl methyl sites for hydroxylation is 1. The Morgan fingerprint density at radius 3 is 2.44 bits per heavy atom. The molecular formula is C20H22N2O4S. The smallest absolute Gasteiger partial charge is 0.256 e. The number of thiophene rings is 1. The van der Waals surface area contributed by atoms with Crippen LogP contribution >= 0.6 is 11.3 Å². The summed E-state index contributed by atoms with van der Waals surface area (Å²) in [4.78, 5) is 14.0. The molecule has 7 heteroatoms. The zero-order valence-electron chi connectivity index (χ0n) is 15.8. The SMILES string of the molecule is COc1cc(C(=O)Nc2sc3c(c2C#N)CC(C)CC3)cc(OC)c1OC. The van der Waals surface area contributed by atoms with Crippen molar-refractivity contribution in [1.29, 1.82) is 5.26 Å². The monoisotopic (exact) mass is 386 g/mol. The molecule has 0 radical (unpaired) electrons. The quantitative estimate of drug-likeness (QED) is 0.839. The van der Waals surface area contributed by atoms with Gasteiger partial charge in [0.1, 0.15) is 11.1 Å². The molecule has 1 heterocycles. The van der Waals surface area contributed by atoms with Crippen molar-refractivity contribution in [1.82, 2.24) is 0 Å². The number of ether oxygens (including phenoxy) is 3. The lowest BCUT2D eigenvalue weighted by atomic mass is 9.88. The molecule has 1 aliphatic rings. The summed E-state index contributed by atoms with van der Waals surface area (Å²) in [5.74, 6) is 1.47. The topological polar surface area (TPSA) is 80.6 Å². The molecule has 0 spiro atoms. The number of benzene rings is 1. The maximum absolute atomic E-state index is 12.8. The van der Waals surface area contributed by atoms with Crippen molar-refractivity contribution < 1.29 is 19.0 Å². The van der Waals surface area contributed by atoms with Crippen LogP contribution in [-0.4, -0.2) is 27.2 Å². The van der Waals surface area contributed by atoms with E-state index in [1.54, 1.807) is 12.1 Å². The van der Waals surface area contributed by atoms with Crippen LogP contribution in [-0.2, 0) is 12.8 Å². The first kappa shape index (κ1) is 19.1. The van der Waals surface area contributed by atoms with E-state index in [0.717, 1.165) is 24.8 Å². The Morgan fingerprint density at radius 2 is 1.89 bits per heavy atom. The van der Waals surface area contributed by atoms with E-state index < -0.39 is 0 Å². The molecule has 1 atom stereocenters. The second-order valence-electron chi connectivity index (χ2n) is 6.54. The van der Waals surface area contributed by atoms with Crippen molar-refractivity contribution >= 4 is 22.2 Å². The molecule has 2 aromatic rings. The highest BCUT2D eigenvalue weighted by molar-refractivity contribution is 7.16. The molecule has 1 aromatic carbocycles. The first-order chi connectivity index (χ1) is 13.0. The largest absolute Gasteiger partial charge is 0.493 e. The maximum Gasteiger partial charge on any atom is 0.256 e. The van der Waals surface area contributed by atoms with E-state index in [1.165, 1.54) is 37.5 Å². The van der Waals surface area contributed by atoms with Crippen LogP contribution in [0.4, 0.5) is 5.00 Å². The van der Waals surface area contributed by atoms with Gasteiger partial charge in [-0.1, -0.05) is 6.92 Å². The van der Waals surface area contributed by atoms with Gasteiger partial charge in [0.05, 0.1) is 26.9 Å². The van der Waals surface area contributed by atoms with Crippen molar-refractivity contribution in [3.63, 3.8) is 0 Å². The van der Waals surface area contributed by atoms with Gasteiger partial charge < -0.3 is 19.5 Å². The molecule has 0 bridgehead atoms. The van der Waals surface area contributed by atoms with Gasteiger partial charge in [0.15, 0.2) is 11.5 Å². The Hall–Kier alpha value is -2.72. The van der Waals surface area contributed by atoms with Gasteiger partial charge >= 0.3 is 0 Å². The number of amides is 1. The Bertz CT molecular complexity index is 888. The van der Waals surface area contributed by atoms with Crippen molar-refractivity contribution in [3.8, 4) is 23.3 Å². The summed E-state index contributed by atoms with van der Waals surface area (Å²) in [6.07, 6.45) is 2.95. The number of fused-ring (bicyclic) bond motifs is 1. The van der Waals surface area contributed by atoms with Gasteiger partial charge in [0, 0.05) is 10.4 Å². The molecule has 6 nitrogen and oxygen atoms in total. The second kappa shape index (κ2) is 7.89. The summed E-state index contributed by atoms with van der Waals surface area (Å²) >= 11 is 1.50. The average Bonchev–Trinajstić information content (AvgIpc) is 3.02. The van der Waals surface area contributed by atoms with Gasteiger partial charge in [0.25, 0.3) is 5.91 Å². The van der Waals surface area contributed by atoms with E-state index in [9.17, 15) is 10.1 Å². The summed E-state index contributed by atoms with van der Waals surface area (Å²) in [5, 5.41) is 13.1. The fourth-order valence-electron chi connectivity index (χ4n) is 3.35. The Balaban J connectivity index is 1.94. The number of nitrogens with one attached hydrogen (secondary N) is 1. The summed E-state index contributed by atoms with van der Waals surface area (Å²) in [6, 6.07) is 5.46. The third-order valence-electron chi connectivity index (χ3n) is 4.77. The van der Waals surface area contributed by atoms with Gasteiger partial charge in [0.2, 0.25) is 5.75 Å². The molecule has 0 aliphatic heterocycles. The van der Waals surface area contributed by atoms with Gasteiger partial charge in [-0.25, -0.2) is 0 Å². The van der Waals surface area contributed by atoms with Gasteiger partial charge in [-0.05, 0) is 42.9 Å². The second-order valence-corrected chi connectivity index (χ2v) is 7.64. The molecule has 1 aromatic heterocycles. The molecule has 3 rings (SSSR count). The number of carbonyl (C=O) groups is 1. The molecule has 1 amide bonds. The van der Waals surface area contributed by atoms with Gasteiger partial charge in [-0.3, -0.25) is 4.79 Å². The van der Waals surface area contributed by atoms with Crippen molar-refractivity contribution in [2.24, 2.45) is 5.92 Å². The van der Waals surface area contributed by atoms with Crippen LogP contribution in [0.5, 0.6) is 17.2 Å². The lowest BCUT2D eigenvalue weighted by molar-refractivity contribution is 0.102. The minimum absolute atomic E-state index is 0.322. The van der Waals surface area contributed by atoms with Crippen LogP contribution in [0.15, 0.2) is 12.1 Å². The highest BCUT2D eigenvalue weighted by Crippen LogP contribution is 2.41.